The van der Waals surface area contributed by atoms with E-state index in [1.165, 1.54) is 0 Å². The summed E-state index contributed by atoms with van der Waals surface area (Å²) in [6.45, 7) is 4.29. The number of pyridine rings is 1. The molecule has 4 rings (SSSR count). The third-order valence-electron chi connectivity index (χ3n) is 5.14. The van der Waals surface area contributed by atoms with Crippen molar-refractivity contribution in [3.8, 4) is 5.75 Å². The minimum absolute atomic E-state index is 0.00809. The van der Waals surface area contributed by atoms with Crippen molar-refractivity contribution in [1.82, 2.24) is 9.88 Å². The molecule has 3 aromatic rings. The second-order valence-corrected chi connectivity index (χ2v) is 7.78. The lowest BCUT2D eigenvalue weighted by molar-refractivity contribution is -0.144. The molecule has 1 aliphatic rings. The van der Waals surface area contributed by atoms with E-state index in [0.717, 1.165) is 11.3 Å². The van der Waals surface area contributed by atoms with E-state index in [9.17, 15) is 9.59 Å². The van der Waals surface area contributed by atoms with E-state index in [4.69, 9.17) is 4.74 Å². The topological polar surface area (TPSA) is 62.7 Å². The Hall–Kier alpha value is -3.67. The summed E-state index contributed by atoms with van der Waals surface area (Å²) in [5.74, 6) is 0.525. The highest BCUT2D eigenvalue weighted by Gasteiger charge is 2.41. The van der Waals surface area contributed by atoms with Gasteiger partial charge in [0.1, 0.15) is 18.3 Å². The molecule has 1 aromatic heterocycles. The second-order valence-electron chi connectivity index (χ2n) is 7.78. The molecule has 0 unspecified atom stereocenters. The number of benzene rings is 2. The van der Waals surface area contributed by atoms with Crippen molar-refractivity contribution in [3.63, 3.8) is 0 Å². The Morgan fingerprint density at radius 1 is 1.00 bits per heavy atom. The minimum Gasteiger partial charge on any atom is -0.491 e. The van der Waals surface area contributed by atoms with Gasteiger partial charge in [-0.05, 0) is 49.7 Å². The van der Waals surface area contributed by atoms with Crippen LogP contribution in [0.2, 0.25) is 0 Å². The number of para-hydroxylation sites is 1. The Kier molecular flexibility index (Phi) is 5.98. The van der Waals surface area contributed by atoms with Crippen molar-refractivity contribution in [3.05, 3.63) is 90.3 Å². The van der Waals surface area contributed by atoms with Crippen molar-refractivity contribution in [2.45, 2.75) is 32.5 Å². The quantitative estimate of drug-likeness (QED) is 0.611. The fraction of sp³-hybridized carbons (Fsp3) is 0.240. The van der Waals surface area contributed by atoms with Gasteiger partial charge < -0.3 is 14.5 Å². The molecule has 0 saturated carbocycles. The van der Waals surface area contributed by atoms with Gasteiger partial charge in [0.25, 0.3) is 5.91 Å². The largest absolute Gasteiger partial charge is 0.491 e. The molecule has 0 N–H and O–H groups in total. The predicted molar refractivity (Wildman–Crippen MR) is 119 cm³/mol. The maximum Gasteiger partial charge on any atom is 0.254 e. The normalized spacial score (nSPS) is 16.7. The fourth-order valence-electron chi connectivity index (χ4n) is 3.74. The van der Waals surface area contributed by atoms with Crippen LogP contribution >= 0.6 is 0 Å². The number of rotatable bonds is 6. The zero-order chi connectivity index (χ0) is 21.8. The third-order valence-corrected chi connectivity index (χ3v) is 5.14. The van der Waals surface area contributed by atoms with Crippen LogP contribution < -0.4 is 9.64 Å². The fourth-order valence-corrected chi connectivity index (χ4v) is 3.74. The monoisotopic (exact) mass is 415 g/mol. The highest BCUT2D eigenvalue weighted by molar-refractivity contribution is 6.06. The number of aromatic nitrogens is 1. The number of amides is 2. The van der Waals surface area contributed by atoms with Crippen LogP contribution in [0.1, 0.15) is 31.0 Å². The number of ether oxygens (including phenoxy) is 1. The molecule has 31 heavy (non-hydrogen) atoms. The average molecular weight is 415 g/mol. The third kappa shape index (κ3) is 4.58. The second kappa shape index (κ2) is 9.00. The molecule has 0 radical (unpaired) electrons. The van der Waals surface area contributed by atoms with Crippen molar-refractivity contribution < 1.29 is 14.3 Å². The van der Waals surface area contributed by atoms with Crippen molar-refractivity contribution in [2.75, 3.05) is 11.4 Å². The zero-order valence-corrected chi connectivity index (χ0v) is 17.6. The number of carbonyl (C=O) groups is 2. The van der Waals surface area contributed by atoms with Crippen LogP contribution in [0.15, 0.2) is 79.1 Å². The van der Waals surface area contributed by atoms with Gasteiger partial charge in [0.15, 0.2) is 0 Å². The van der Waals surface area contributed by atoms with E-state index in [1.54, 1.807) is 28.3 Å². The molecular weight excluding hydrogens is 390 g/mol. The molecule has 0 aliphatic carbocycles. The Bertz CT molecular complexity index is 1040. The highest BCUT2D eigenvalue weighted by Crippen LogP contribution is 2.31. The van der Waals surface area contributed by atoms with Crippen molar-refractivity contribution in [2.24, 2.45) is 0 Å². The van der Waals surface area contributed by atoms with Gasteiger partial charge in [-0.3, -0.25) is 14.6 Å². The van der Waals surface area contributed by atoms with Gasteiger partial charge in [-0.25, -0.2) is 0 Å². The summed E-state index contributed by atoms with van der Waals surface area (Å²) in [6, 6.07) is 19.8. The smallest absolute Gasteiger partial charge is 0.254 e. The first-order valence-corrected chi connectivity index (χ1v) is 10.3. The Balaban J connectivity index is 1.64. The summed E-state index contributed by atoms with van der Waals surface area (Å²) < 4.78 is 5.70. The lowest BCUT2D eigenvalue weighted by Crippen LogP contribution is -2.55. The number of hydrogen-bond donors (Lipinski definition) is 0. The maximum absolute atomic E-state index is 13.5. The SMILES string of the molecule is CC(C)Oc1ccc(CN2C(=O)CN(c3ccccc3)C(=O)[C@H]2c2cccnc2)cc1. The Labute approximate surface area is 182 Å². The van der Waals surface area contributed by atoms with Crippen LogP contribution in [0.25, 0.3) is 0 Å². The first kappa shape index (κ1) is 20.6. The molecule has 1 aliphatic heterocycles. The molecular formula is C25H25N3O3. The number of nitrogens with zero attached hydrogens (tertiary/aromatic N) is 3. The molecule has 2 amide bonds. The summed E-state index contributed by atoms with van der Waals surface area (Å²) in [7, 11) is 0. The molecule has 0 spiro atoms. The number of piperazine rings is 1. The van der Waals surface area contributed by atoms with Crippen LogP contribution in [-0.4, -0.2) is 34.3 Å². The van der Waals surface area contributed by atoms with Crippen molar-refractivity contribution in [1.29, 1.82) is 0 Å². The van der Waals surface area contributed by atoms with Gasteiger partial charge in [0.2, 0.25) is 5.91 Å². The number of carbonyl (C=O) groups excluding carboxylic acids is 2. The van der Waals surface area contributed by atoms with Crippen LogP contribution in [0.5, 0.6) is 5.75 Å². The molecule has 6 nitrogen and oxygen atoms in total. The first-order valence-electron chi connectivity index (χ1n) is 10.3. The number of hydrogen-bond acceptors (Lipinski definition) is 4. The van der Waals surface area contributed by atoms with E-state index >= 15 is 0 Å². The molecule has 1 atom stereocenters. The first-order chi connectivity index (χ1) is 15.0. The Morgan fingerprint density at radius 3 is 2.39 bits per heavy atom. The summed E-state index contributed by atoms with van der Waals surface area (Å²) in [5.41, 5.74) is 2.34. The van der Waals surface area contributed by atoms with Crippen molar-refractivity contribution >= 4 is 17.5 Å². The van der Waals surface area contributed by atoms with Gasteiger partial charge in [-0.1, -0.05) is 36.4 Å². The molecule has 1 saturated heterocycles. The minimum atomic E-state index is -0.734. The van der Waals surface area contributed by atoms with Gasteiger partial charge in [-0.15, -0.1) is 0 Å². The lowest BCUT2D eigenvalue weighted by atomic mass is 10.0. The van der Waals surface area contributed by atoms with Crippen LogP contribution in [-0.2, 0) is 16.1 Å². The molecule has 2 aromatic carbocycles. The van der Waals surface area contributed by atoms with Crippen LogP contribution in [0, 0.1) is 0 Å². The standard InChI is InChI=1S/C25H25N3O3/c1-18(2)31-22-12-10-19(11-13-22)16-28-23(29)17-27(21-8-4-3-5-9-21)25(30)24(28)20-7-6-14-26-15-20/h3-15,18,24H,16-17H2,1-2H3/t24-/m1/s1. The van der Waals surface area contributed by atoms with Gasteiger partial charge in [0.05, 0.1) is 6.10 Å². The van der Waals surface area contributed by atoms with Crippen LogP contribution in [0.3, 0.4) is 0 Å². The molecule has 6 heteroatoms. The van der Waals surface area contributed by atoms with Crippen LogP contribution in [0.4, 0.5) is 5.69 Å². The van der Waals surface area contributed by atoms with E-state index in [1.807, 2.05) is 74.5 Å². The molecule has 1 fully saturated rings. The van der Waals surface area contributed by atoms with Gasteiger partial charge in [-0.2, -0.15) is 0 Å². The summed E-state index contributed by atoms with van der Waals surface area (Å²) in [4.78, 5) is 34.1. The Morgan fingerprint density at radius 2 is 1.74 bits per heavy atom. The van der Waals surface area contributed by atoms with E-state index in [0.29, 0.717) is 17.8 Å². The van der Waals surface area contributed by atoms with E-state index in [-0.39, 0.29) is 24.5 Å². The highest BCUT2D eigenvalue weighted by atomic mass is 16.5. The molecule has 158 valence electrons. The zero-order valence-electron chi connectivity index (χ0n) is 17.6. The van der Waals surface area contributed by atoms with Gasteiger partial charge in [0, 0.05) is 30.2 Å². The van der Waals surface area contributed by atoms with E-state index in [2.05, 4.69) is 4.98 Å². The summed E-state index contributed by atoms with van der Waals surface area (Å²) in [5, 5.41) is 0. The summed E-state index contributed by atoms with van der Waals surface area (Å²) >= 11 is 0. The maximum atomic E-state index is 13.5. The lowest BCUT2D eigenvalue weighted by Gasteiger charge is -2.40. The van der Waals surface area contributed by atoms with E-state index < -0.39 is 6.04 Å². The number of anilines is 1. The predicted octanol–water partition coefficient (Wildman–Crippen LogP) is 3.99. The van der Waals surface area contributed by atoms with Gasteiger partial charge >= 0.3 is 0 Å². The summed E-state index contributed by atoms with van der Waals surface area (Å²) in [6.07, 6.45) is 3.40. The molecule has 0 bridgehead atoms. The molecule has 2 heterocycles. The average Bonchev–Trinajstić information content (AvgIpc) is 2.78.